The lowest BCUT2D eigenvalue weighted by atomic mass is 10.0. The molecular weight excluding hydrogens is 430 g/mol. The van der Waals surface area contributed by atoms with Gasteiger partial charge in [0.05, 0.1) is 16.7 Å². The van der Waals surface area contributed by atoms with Crippen molar-refractivity contribution in [1.29, 1.82) is 0 Å². The van der Waals surface area contributed by atoms with Gasteiger partial charge in [-0.05, 0) is 30.7 Å². The van der Waals surface area contributed by atoms with Crippen LogP contribution in [0.25, 0.3) is 0 Å². The molecule has 2 atom stereocenters. The summed E-state index contributed by atoms with van der Waals surface area (Å²) in [6.07, 6.45) is -4.72. The molecule has 0 spiro atoms. The molecule has 1 unspecified atom stereocenters. The summed E-state index contributed by atoms with van der Waals surface area (Å²) in [6.45, 7) is 0.529. The summed E-state index contributed by atoms with van der Waals surface area (Å²) in [5.41, 5.74) is -0.520. The normalized spacial score (nSPS) is 18.7. The Labute approximate surface area is 173 Å². The molecule has 0 radical (unpaired) electrons. The number of aromatic nitrogens is 1. The highest BCUT2D eigenvalue weighted by Gasteiger charge is 2.43. The Morgan fingerprint density at radius 1 is 1.27 bits per heavy atom. The van der Waals surface area contributed by atoms with Gasteiger partial charge in [-0.3, -0.25) is 14.5 Å². The first kappa shape index (κ1) is 22.0. The van der Waals surface area contributed by atoms with Gasteiger partial charge in [0.2, 0.25) is 5.91 Å². The van der Waals surface area contributed by atoms with Gasteiger partial charge in [-0.1, -0.05) is 23.7 Å². The number of alkyl halides is 3. The first-order valence-corrected chi connectivity index (χ1v) is 9.13. The molecule has 2 aromatic rings. The molecule has 6 nitrogen and oxygen atoms in total. The van der Waals surface area contributed by atoms with Gasteiger partial charge >= 0.3 is 6.18 Å². The molecule has 0 aliphatic carbocycles. The molecule has 1 aliphatic heterocycles. The highest BCUT2D eigenvalue weighted by Crippen LogP contribution is 2.30. The van der Waals surface area contributed by atoms with Crippen LogP contribution < -0.4 is 4.90 Å². The number of amides is 2. The highest BCUT2D eigenvalue weighted by atomic mass is 35.5. The summed E-state index contributed by atoms with van der Waals surface area (Å²) in [5, 5.41) is 10.1. The maximum atomic E-state index is 14.2. The van der Waals surface area contributed by atoms with Crippen LogP contribution in [0.3, 0.4) is 0 Å². The zero-order valence-corrected chi connectivity index (χ0v) is 16.3. The third kappa shape index (κ3) is 4.39. The summed E-state index contributed by atoms with van der Waals surface area (Å²) in [4.78, 5) is 31.3. The lowest BCUT2D eigenvalue weighted by Crippen LogP contribution is -2.63. The van der Waals surface area contributed by atoms with Gasteiger partial charge in [0, 0.05) is 12.7 Å². The van der Waals surface area contributed by atoms with Crippen LogP contribution in [0, 0.1) is 5.82 Å². The van der Waals surface area contributed by atoms with Crippen LogP contribution in [0.15, 0.2) is 36.5 Å². The molecular formula is C19H16ClF4N3O3. The van der Waals surface area contributed by atoms with Crippen LogP contribution in [-0.4, -0.2) is 45.5 Å². The van der Waals surface area contributed by atoms with Crippen molar-refractivity contribution in [2.24, 2.45) is 0 Å². The number of pyridine rings is 1. The number of carbonyl (C=O) groups is 2. The monoisotopic (exact) mass is 445 g/mol. The molecule has 2 amide bonds. The Morgan fingerprint density at radius 3 is 2.43 bits per heavy atom. The molecule has 1 aromatic carbocycles. The number of aliphatic hydroxyl groups is 1. The molecule has 1 saturated heterocycles. The van der Waals surface area contributed by atoms with Crippen LogP contribution >= 0.6 is 11.6 Å². The second-order valence-electron chi connectivity index (χ2n) is 6.79. The van der Waals surface area contributed by atoms with Crippen molar-refractivity contribution < 1.29 is 32.3 Å². The first-order chi connectivity index (χ1) is 14.0. The number of halogens is 5. The number of piperazine rings is 1. The summed E-state index contributed by atoms with van der Waals surface area (Å²) >= 11 is 5.66. The predicted octanol–water partition coefficient (Wildman–Crippen LogP) is 3.02. The third-order valence-corrected chi connectivity index (χ3v) is 4.81. The summed E-state index contributed by atoms with van der Waals surface area (Å²) in [6, 6.07) is 3.67. The molecule has 160 valence electrons. The van der Waals surface area contributed by atoms with Crippen LogP contribution in [0.2, 0.25) is 5.02 Å². The van der Waals surface area contributed by atoms with Gasteiger partial charge in [-0.2, -0.15) is 13.2 Å². The molecule has 2 heterocycles. The number of anilines is 1. The van der Waals surface area contributed by atoms with E-state index in [9.17, 15) is 32.3 Å². The number of rotatable bonds is 4. The van der Waals surface area contributed by atoms with E-state index in [4.69, 9.17) is 11.6 Å². The third-order valence-electron chi connectivity index (χ3n) is 4.60. The van der Waals surface area contributed by atoms with Crippen LogP contribution in [0.1, 0.15) is 18.1 Å². The second-order valence-corrected chi connectivity index (χ2v) is 7.22. The van der Waals surface area contributed by atoms with Gasteiger partial charge in [-0.15, -0.1) is 0 Å². The smallest absolute Gasteiger partial charge is 0.391 e. The fraction of sp³-hybridized carbons (Fsp3) is 0.316. The van der Waals surface area contributed by atoms with E-state index in [0.29, 0.717) is 5.56 Å². The zero-order valence-electron chi connectivity index (χ0n) is 15.5. The van der Waals surface area contributed by atoms with Crippen LogP contribution in [-0.2, 0) is 22.3 Å². The average molecular weight is 446 g/mol. The molecule has 0 saturated carbocycles. The summed E-state index contributed by atoms with van der Waals surface area (Å²) < 4.78 is 52.4. The van der Waals surface area contributed by atoms with E-state index < -0.39 is 53.9 Å². The van der Waals surface area contributed by atoms with Gasteiger partial charge < -0.3 is 10.0 Å². The number of hydrogen-bond acceptors (Lipinski definition) is 4. The zero-order chi connectivity index (χ0) is 22.2. The van der Waals surface area contributed by atoms with Crippen molar-refractivity contribution in [3.63, 3.8) is 0 Å². The van der Waals surface area contributed by atoms with E-state index in [1.807, 2.05) is 0 Å². The van der Waals surface area contributed by atoms with E-state index in [-0.39, 0.29) is 11.6 Å². The van der Waals surface area contributed by atoms with E-state index in [0.717, 1.165) is 34.2 Å². The molecule has 1 aromatic heterocycles. The molecule has 1 fully saturated rings. The minimum atomic E-state index is -4.51. The van der Waals surface area contributed by atoms with Crippen LogP contribution in [0.5, 0.6) is 0 Å². The lowest BCUT2D eigenvalue weighted by molar-refractivity contribution is -0.148. The quantitative estimate of drug-likeness (QED) is 0.734. The maximum absolute atomic E-state index is 14.2. The second kappa shape index (κ2) is 8.19. The molecule has 1 aliphatic rings. The van der Waals surface area contributed by atoms with Crippen molar-refractivity contribution in [3.8, 4) is 0 Å². The van der Waals surface area contributed by atoms with Gasteiger partial charge in [-0.25, -0.2) is 9.37 Å². The topological polar surface area (TPSA) is 73.7 Å². The van der Waals surface area contributed by atoms with Crippen LogP contribution in [0.4, 0.5) is 23.4 Å². The van der Waals surface area contributed by atoms with E-state index in [1.165, 1.54) is 19.1 Å². The molecule has 0 bridgehead atoms. The maximum Gasteiger partial charge on any atom is 0.416 e. The Balaban J connectivity index is 1.88. The Hall–Kier alpha value is -2.72. The van der Waals surface area contributed by atoms with Gasteiger partial charge in [0.25, 0.3) is 5.91 Å². The highest BCUT2D eigenvalue weighted by molar-refractivity contribution is 6.30. The van der Waals surface area contributed by atoms with Gasteiger partial charge in [0.15, 0.2) is 11.6 Å². The summed E-state index contributed by atoms with van der Waals surface area (Å²) in [5.74, 6) is -2.72. The molecule has 30 heavy (non-hydrogen) atoms. The largest absolute Gasteiger partial charge is 0.416 e. The molecule has 1 N–H and O–H groups in total. The minimum absolute atomic E-state index is 0.00282. The number of hydrogen-bond donors (Lipinski definition) is 1. The van der Waals surface area contributed by atoms with E-state index >= 15 is 0 Å². The van der Waals surface area contributed by atoms with Crippen molar-refractivity contribution in [2.75, 3.05) is 11.4 Å². The standard InChI is InChI=1S/C19H16ClF4N3O3/c1-10(28)16-18(30)27(17-14(21)6-13(20)7-25-17)9-15(29)26(16)8-11-2-4-12(5-3-11)19(22,23)24/h2-7,10,16,28H,8-9H2,1H3/t10?,16-/m1/s1. The van der Waals surface area contributed by atoms with Crippen molar-refractivity contribution >= 4 is 29.2 Å². The summed E-state index contributed by atoms with van der Waals surface area (Å²) in [7, 11) is 0. The van der Waals surface area contributed by atoms with Crippen molar-refractivity contribution in [2.45, 2.75) is 31.8 Å². The number of nitrogens with zero attached hydrogens (tertiary/aromatic N) is 3. The number of carbonyl (C=O) groups excluding carboxylic acids is 2. The molecule has 11 heteroatoms. The van der Waals surface area contributed by atoms with Crippen molar-refractivity contribution in [1.82, 2.24) is 9.88 Å². The Morgan fingerprint density at radius 2 is 1.90 bits per heavy atom. The molecule has 3 rings (SSSR count). The fourth-order valence-corrected chi connectivity index (χ4v) is 3.33. The van der Waals surface area contributed by atoms with E-state index in [1.54, 1.807) is 0 Å². The Bertz CT molecular complexity index is 966. The SMILES string of the molecule is CC(O)[C@@H]1C(=O)N(c2ncc(Cl)cc2F)CC(=O)N1Cc1ccc(C(F)(F)F)cc1. The van der Waals surface area contributed by atoms with Crippen molar-refractivity contribution in [3.05, 3.63) is 58.5 Å². The number of aliphatic hydroxyl groups excluding tert-OH is 1. The number of benzene rings is 1. The first-order valence-electron chi connectivity index (χ1n) is 8.75. The predicted molar refractivity (Wildman–Crippen MR) is 99.0 cm³/mol. The van der Waals surface area contributed by atoms with Gasteiger partial charge in [0.1, 0.15) is 12.6 Å². The fourth-order valence-electron chi connectivity index (χ4n) is 3.19. The minimum Gasteiger partial charge on any atom is -0.391 e. The Kier molecular flexibility index (Phi) is 6.00. The lowest BCUT2D eigenvalue weighted by Gasteiger charge is -2.41. The van der Waals surface area contributed by atoms with E-state index in [2.05, 4.69) is 4.98 Å². The average Bonchev–Trinajstić information content (AvgIpc) is 2.64.